The van der Waals surface area contributed by atoms with Crippen molar-refractivity contribution in [1.82, 2.24) is 0 Å². The van der Waals surface area contributed by atoms with Crippen LogP contribution in [-0.2, 0) is 9.47 Å². The summed E-state index contributed by atoms with van der Waals surface area (Å²) < 4.78 is 10.7. The van der Waals surface area contributed by atoms with Gasteiger partial charge in [0.2, 0.25) is 0 Å². The number of hydrogen-bond donors (Lipinski definition) is 2. The van der Waals surface area contributed by atoms with Crippen LogP contribution in [0.3, 0.4) is 0 Å². The predicted octanol–water partition coefficient (Wildman–Crippen LogP) is 4.75. The number of ether oxygens (including phenoxy) is 2. The van der Waals surface area contributed by atoms with Gasteiger partial charge in [-0.05, 0) is 36.4 Å². The average molecular weight is 469 g/mol. The Bertz CT molecular complexity index is 991. The smallest absolute Gasteiger partial charge is 0.339 e. The first-order valence-electron chi connectivity index (χ1n) is 9.94. The van der Waals surface area contributed by atoms with Crippen molar-refractivity contribution < 1.29 is 19.1 Å². The summed E-state index contributed by atoms with van der Waals surface area (Å²) in [6.45, 7) is 0.382. The summed E-state index contributed by atoms with van der Waals surface area (Å²) in [5.41, 5.74) is 13.6. The van der Waals surface area contributed by atoms with Gasteiger partial charge >= 0.3 is 11.9 Å². The topological polar surface area (TPSA) is 105 Å². The van der Waals surface area contributed by atoms with Crippen molar-refractivity contribution in [2.75, 3.05) is 36.2 Å². The Labute approximate surface area is 195 Å². The molecule has 3 aromatic carbocycles. The Hall–Kier alpha value is -3.10. The number of hydrogen-bond acceptors (Lipinski definition) is 8. The zero-order valence-electron chi connectivity index (χ0n) is 17.4. The molecule has 8 heteroatoms. The Balaban J connectivity index is 1.48. The van der Waals surface area contributed by atoms with Crippen LogP contribution in [0.1, 0.15) is 20.7 Å². The molecular weight excluding hydrogens is 444 g/mol. The van der Waals surface area contributed by atoms with E-state index in [0.29, 0.717) is 22.9 Å². The van der Waals surface area contributed by atoms with Gasteiger partial charge in [-0.25, -0.2) is 9.59 Å². The zero-order valence-corrected chi connectivity index (χ0v) is 19.0. The second kappa shape index (κ2) is 12.1. The molecule has 0 bridgehead atoms. The first-order valence-corrected chi connectivity index (χ1v) is 11.9. The Morgan fingerprint density at radius 3 is 1.41 bits per heavy atom. The number of carbonyl (C=O) groups is 2. The third kappa shape index (κ3) is 6.70. The van der Waals surface area contributed by atoms with Gasteiger partial charge in [-0.3, -0.25) is 0 Å². The van der Waals surface area contributed by atoms with Gasteiger partial charge in [0.25, 0.3) is 0 Å². The fraction of sp³-hybridized carbons (Fsp3) is 0.167. The van der Waals surface area contributed by atoms with E-state index < -0.39 is 11.9 Å². The summed E-state index contributed by atoms with van der Waals surface area (Å²) in [5, 5.41) is 0. The summed E-state index contributed by atoms with van der Waals surface area (Å²) in [5.74, 6) is -0.0324. The highest BCUT2D eigenvalue weighted by molar-refractivity contribution is 7.99. The van der Waals surface area contributed by atoms with E-state index in [-0.39, 0.29) is 24.3 Å². The van der Waals surface area contributed by atoms with Crippen LogP contribution in [0, 0.1) is 0 Å². The zero-order chi connectivity index (χ0) is 22.8. The maximum Gasteiger partial charge on any atom is 0.339 e. The summed E-state index contributed by atoms with van der Waals surface area (Å²) >= 11 is 3.00. The molecule has 0 heterocycles. The number of thioether (sulfide) groups is 2. The fourth-order valence-corrected chi connectivity index (χ4v) is 4.38. The number of para-hydroxylation sites is 2. The van der Waals surface area contributed by atoms with E-state index in [1.54, 1.807) is 24.3 Å². The summed E-state index contributed by atoms with van der Waals surface area (Å²) in [7, 11) is 0. The molecule has 6 nitrogen and oxygen atoms in total. The molecular formula is C24H24N2O4S2. The van der Waals surface area contributed by atoms with Crippen LogP contribution in [0.25, 0.3) is 0 Å². The minimum atomic E-state index is -0.564. The van der Waals surface area contributed by atoms with E-state index in [1.165, 1.54) is 23.5 Å². The molecule has 0 saturated carbocycles. The van der Waals surface area contributed by atoms with Gasteiger partial charge in [-0.2, -0.15) is 0 Å². The average Bonchev–Trinajstić information content (AvgIpc) is 2.81. The number of nitrogens with two attached hydrogens (primary N) is 2. The van der Waals surface area contributed by atoms with E-state index in [0.717, 1.165) is 9.79 Å². The number of nitrogen functional groups attached to an aromatic ring is 2. The van der Waals surface area contributed by atoms with Gasteiger partial charge in [-0.15, -0.1) is 23.5 Å². The molecule has 0 aromatic heterocycles. The molecule has 0 saturated heterocycles. The molecule has 3 aromatic rings. The number of benzene rings is 3. The highest BCUT2D eigenvalue weighted by Gasteiger charge is 2.19. The number of carbonyl (C=O) groups excluding carboxylic acids is 2. The van der Waals surface area contributed by atoms with Gasteiger partial charge in [0.15, 0.2) is 0 Å². The van der Waals surface area contributed by atoms with Crippen molar-refractivity contribution in [2.45, 2.75) is 9.79 Å². The van der Waals surface area contributed by atoms with Crippen LogP contribution in [0.2, 0.25) is 0 Å². The van der Waals surface area contributed by atoms with Crippen LogP contribution in [0.5, 0.6) is 0 Å². The maximum absolute atomic E-state index is 12.5. The van der Waals surface area contributed by atoms with Crippen LogP contribution < -0.4 is 11.5 Å². The molecule has 32 heavy (non-hydrogen) atoms. The quantitative estimate of drug-likeness (QED) is 0.190. The Morgan fingerprint density at radius 1 is 0.625 bits per heavy atom. The van der Waals surface area contributed by atoms with Crippen LogP contribution >= 0.6 is 23.5 Å². The molecule has 0 atom stereocenters. The summed E-state index contributed by atoms with van der Waals surface area (Å²) in [6.07, 6.45) is 0. The largest absolute Gasteiger partial charge is 0.461 e. The predicted molar refractivity (Wildman–Crippen MR) is 130 cm³/mol. The van der Waals surface area contributed by atoms with Crippen molar-refractivity contribution in [3.8, 4) is 0 Å². The lowest BCUT2D eigenvalue weighted by atomic mass is 10.1. The van der Waals surface area contributed by atoms with Gasteiger partial charge in [-0.1, -0.05) is 36.4 Å². The molecule has 0 unspecified atom stereocenters. The number of rotatable bonds is 10. The normalized spacial score (nSPS) is 10.5. The summed E-state index contributed by atoms with van der Waals surface area (Å²) in [4.78, 5) is 26.9. The second-order valence-corrected chi connectivity index (χ2v) is 8.86. The highest BCUT2D eigenvalue weighted by atomic mass is 32.2. The molecule has 166 valence electrons. The molecule has 0 amide bonds. The van der Waals surface area contributed by atoms with Crippen LogP contribution in [0.15, 0.2) is 82.6 Å². The van der Waals surface area contributed by atoms with Crippen molar-refractivity contribution in [3.05, 3.63) is 83.9 Å². The number of esters is 2. The molecule has 0 spiro atoms. The molecule has 0 aliphatic carbocycles. The maximum atomic E-state index is 12.5. The van der Waals surface area contributed by atoms with Crippen LogP contribution in [-0.4, -0.2) is 36.7 Å². The first kappa shape index (κ1) is 23.6. The van der Waals surface area contributed by atoms with E-state index >= 15 is 0 Å². The lowest BCUT2D eigenvalue weighted by molar-refractivity contribution is 0.0483. The third-order valence-electron chi connectivity index (χ3n) is 4.35. The SMILES string of the molecule is Nc1ccccc1SCCOC(=O)c1ccccc1C(=O)OCCSc1ccccc1N. The molecule has 0 aliphatic heterocycles. The fourth-order valence-electron chi connectivity index (χ4n) is 2.79. The molecule has 4 N–H and O–H groups in total. The first-order chi connectivity index (χ1) is 15.6. The molecule has 0 aliphatic rings. The molecule has 0 fully saturated rings. The van der Waals surface area contributed by atoms with E-state index in [9.17, 15) is 9.59 Å². The van der Waals surface area contributed by atoms with E-state index in [1.807, 2.05) is 48.5 Å². The van der Waals surface area contributed by atoms with Crippen LogP contribution in [0.4, 0.5) is 11.4 Å². The minimum Gasteiger partial charge on any atom is -0.461 e. The van der Waals surface area contributed by atoms with Crippen molar-refractivity contribution in [2.24, 2.45) is 0 Å². The van der Waals surface area contributed by atoms with E-state index in [4.69, 9.17) is 20.9 Å². The standard InChI is InChI=1S/C24H24N2O4S2/c25-19-9-3-5-11-21(19)31-15-13-29-23(27)17-7-1-2-8-18(17)24(28)30-14-16-32-22-12-6-4-10-20(22)26/h1-12H,13-16,25-26H2. The van der Waals surface area contributed by atoms with Gasteiger partial charge in [0.1, 0.15) is 13.2 Å². The van der Waals surface area contributed by atoms with Crippen molar-refractivity contribution in [3.63, 3.8) is 0 Å². The minimum absolute atomic E-state index is 0.182. The lowest BCUT2D eigenvalue weighted by Gasteiger charge is -2.10. The van der Waals surface area contributed by atoms with Gasteiger partial charge < -0.3 is 20.9 Å². The Kier molecular flexibility index (Phi) is 8.89. The highest BCUT2D eigenvalue weighted by Crippen LogP contribution is 2.25. The molecule has 0 radical (unpaired) electrons. The van der Waals surface area contributed by atoms with Gasteiger partial charge in [0, 0.05) is 32.7 Å². The third-order valence-corrected chi connectivity index (χ3v) is 6.46. The lowest BCUT2D eigenvalue weighted by Crippen LogP contribution is -2.16. The second-order valence-electron chi connectivity index (χ2n) is 6.59. The number of anilines is 2. The van der Waals surface area contributed by atoms with Crippen molar-refractivity contribution >= 4 is 46.8 Å². The van der Waals surface area contributed by atoms with E-state index in [2.05, 4.69) is 0 Å². The monoisotopic (exact) mass is 468 g/mol. The van der Waals surface area contributed by atoms with Gasteiger partial charge in [0.05, 0.1) is 11.1 Å². The Morgan fingerprint density at radius 2 is 1.00 bits per heavy atom. The van der Waals surface area contributed by atoms with Crippen molar-refractivity contribution in [1.29, 1.82) is 0 Å². The molecule has 3 rings (SSSR count). The summed E-state index contributed by atoms with van der Waals surface area (Å²) in [6, 6.07) is 21.5.